The largest absolute Gasteiger partial charge is 0.496 e. The Labute approximate surface area is 210 Å². The van der Waals surface area contributed by atoms with Gasteiger partial charge >= 0.3 is 0 Å². The van der Waals surface area contributed by atoms with Gasteiger partial charge in [-0.3, -0.25) is 9.59 Å². The molecule has 36 heavy (non-hydrogen) atoms. The number of primary amides is 1. The Hall–Kier alpha value is -3.57. The number of hydrazone groups is 1. The topological polar surface area (TPSA) is 165 Å². The first-order chi connectivity index (χ1) is 17.0. The number of amides is 2. The second-order valence-corrected chi connectivity index (χ2v) is 9.60. The molecule has 1 fully saturated rings. The standard InChI is InChI=1S/C25H35N7O4/c1-5-6-15-11-18(23(34)32-10-8-20(33)25(32,2)24(27)35)31-9-7-14-12-19(36-4)17(13-16(14)21(15)31)22(26)29-30(3)28/h11-13,20,33H,5-10,28H2,1-4H3,(H2,26,29)(H2,27,35). The predicted molar refractivity (Wildman–Crippen MR) is 136 cm³/mol. The summed E-state index contributed by atoms with van der Waals surface area (Å²) >= 11 is 0. The molecule has 0 spiro atoms. The van der Waals surface area contributed by atoms with E-state index in [-0.39, 0.29) is 18.3 Å². The molecule has 3 heterocycles. The zero-order valence-electron chi connectivity index (χ0n) is 21.2. The molecule has 2 aromatic rings. The zero-order chi connectivity index (χ0) is 26.4. The number of likely N-dealkylation sites (tertiary alicyclic amines) is 1. The van der Waals surface area contributed by atoms with Crippen LogP contribution in [-0.2, 0) is 24.2 Å². The number of fused-ring (bicyclic) bond motifs is 3. The van der Waals surface area contributed by atoms with Crippen molar-refractivity contribution >= 4 is 17.6 Å². The molecule has 0 aliphatic carbocycles. The van der Waals surface area contributed by atoms with Crippen molar-refractivity contribution in [1.29, 1.82) is 0 Å². The Bertz CT molecular complexity index is 1240. The Morgan fingerprint density at radius 3 is 2.61 bits per heavy atom. The van der Waals surface area contributed by atoms with Crippen LogP contribution >= 0.6 is 0 Å². The Balaban J connectivity index is 1.87. The molecular weight excluding hydrogens is 462 g/mol. The highest BCUT2D eigenvalue weighted by atomic mass is 16.5. The number of hydrogen-bond acceptors (Lipinski definition) is 7. The number of nitrogens with two attached hydrogens (primary N) is 3. The summed E-state index contributed by atoms with van der Waals surface area (Å²) in [4.78, 5) is 27.5. The molecule has 1 aromatic heterocycles. The van der Waals surface area contributed by atoms with E-state index in [0.717, 1.165) is 40.3 Å². The summed E-state index contributed by atoms with van der Waals surface area (Å²) in [7, 11) is 3.16. The van der Waals surface area contributed by atoms with Crippen molar-refractivity contribution in [3.05, 3.63) is 40.6 Å². The lowest BCUT2D eigenvalue weighted by atomic mass is 9.92. The first kappa shape index (κ1) is 25.5. The van der Waals surface area contributed by atoms with E-state index in [0.29, 0.717) is 36.4 Å². The minimum Gasteiger partial charge on any atom is -0.496 e. The molecular formula is C25H35N7O4. The van der Waals surface area contributed by atoms with Gasteiger partial charge in [0.15, 0.2) is 5.84 Å². The van der Waals surface area contributed by atoms with Crippen molar-refractivity contribution < 1.29 is 19.4 Å². The number of amidine groups is 1. The molecule has 1 saturated heterocycles. The first-order valence-electron chi connectivity index (χ1n) is 12.1. The number of hydrogen-bond donors (Lipinski definition) is 4. The van der Waals surface area contributed by atoms with Crippen molar-refractivity contribution in [2.45, 2.75) is 57.7 Å². The summed E-state index contributed by atoms with van der Waals surface area (Å²) in [5, 5.41) is 15.8. The van der Waals surface area contributed by atoms with Crippen molar-refractivity contribution in [2.75, 3.05) is 20.7 Å². The van der Waals surface area contributed by atoms with Gasteiger partial charge in [-0.25, -0.2) is 11.0 Å². The van der Waals surface area contributed by atoms with Crippen LogP contribution in [0.3, 0.4) is 0 Å². The predicted octanol–water partition coefficient (Wildman–Crippen LogP) is 0.549. The van der Waals surface area contributed by atoms with Gasteiger partial charge in [0, 0.05) is 25.7 Å². The van der Waals surface area contributed by atoms with Crippen LogP contribution in [0, 0.1) is 0 Å². The number of aryl methyl sites for hydroxylation is 2. The number of ether oxygens (including phenoxy) is 1. The van der Waals surface area contributed by atoms with E-state index in [9.17, 15) is 14.7 Å². The van der Waals surface area contributed by atoms with Crippen molar-refractivity contribution in [3.63, 3.8) is 0 Å². The maximum absolute atomic E-state index is 13.8. The molecule has 0 radical (unpaired) electrons. The van der Waals surface area contributed by atoms with Crippen molar-refractivity contribution in [1.82, 2.24) is 14.6 Å². The van der Waals surface area contributed by atoms with Gasteiger partial charge in [-0.05, 0) is 55.5 Å². The van der Waals surface area contributed by atoms with Crippen LogP contribution in [0.2, 0.25) is 0 Å². The molecule has 2 aliphatic rings. The van der Waals surface area contributed by atoms with E-state index in [1.54, 1.807) is 14.2 Å². The van der Waals surface area contributed by atoms with Crippen LogP contribution in [-0.4, -0.2) is 69.7 Å². The highest BCUT2D eigenvalue weighted by Gasteiger charge is 2.52. The number of aromatic nitrogens is 1. The van der Waals surface area contributed by atoms with Gasteiger partial charge in [-0.15, -0.1) is 5.10 Å². The molecule has 0 saturated carbocycles. The number of aliphatic hydroxyl groups excluding tert-OH is 1. The lowest BCUT2D eigenvalue weighted by Gasteiger charge is -2.34. The van der Waals surface area contributed by atoms with Crippen LogP contribution in [0.15, 0.2) is 23.3 Å². The number of aliphatic hydroxyl groups is 1. The van der Waals surface area contributed by atoms with Crippen molar-refractivity contribution in [3.8, 4) is 17.0 Å². The van der Waals surface area contributed by atoms with Gasteiger partial charge < -0.3 is 30.8 Å². The molecule has 4 rings (SSSR count). The van der Waals surface area contributed by atoms with Gasteiger partial charge in [0.05, 0.1) is 24.5 Å². The second kappa shape index (κ2) is 9.47. The fraction of sp³-hybridized carbons (Fsp3) is 0.480. The van der Waals surface area contributed by atoms with Crippen LogP contribution < -0.4 is 22.0 Å². The number of carbonyl (C=O) groups excluding carboxylic acids is 2. The van der Waals surface area contributed by atoms with Crippen molar-refractivity contribution in [2.24, 2.45) is 22.4 Å². The zero-order valence-corrected chi connectivity index (χ0v) is 21.2. The minimum absolute atomic E-state index is 0.208. The molecule has 0 bridgehead atoms. The summed E-state index contributed by atoms with van der Waals surface area (Å²) < 4.78 is 7.59. The molecule has 2 unspecified atom stereocenters. The number of methoxy groups -OCH3 is 1. The summed E-state index contributed by atoms with van der Waals surface area (Å²) in [6.07, 6.45) is 1.59. The normalized spacial score (nSPS) is 21.2. The highest BCUT2D eigenvalue weighted by Crippen LogP contribution is 2.40. The second-order valence-electron chi connectivity index (χ2n) is 9.60. The fourth-order valence-corrected chi connectivity index (χ4v) is 5.36. The third-order valence-electron chi connectivity index (χ3n) is 7.32. The van der Waals surface area contributed by atoms with Gasteiger partial charge in [-0.1, -0.05) is 13.3 Å². The van der Waals surface area contributed by atoms with E-state index in [4.69, 9.17) is 22.0 Å². The van der Waals surface area contributed by atoms with Gasteiger partial charge in [-0.2, -0.15) is 0 Å². The molecule has 2 aliphatic heterocycles. The Kier molecular flexibility index (Phi) is 6.72. The van der Waals surface area contributed by atoms with E-state index < -0.39 is 17.6 Å². The summed E-state index contributed by atoms with van der Waals surface area (Å²) in [6.45, 7) is 4.44. The quantitative estimate of drug-likeness (QED) is 0.188. The SMILES string of the molecule is CCCc1cc(C(=O)N2CCC(O)C2(C)C(N)=O)n2c1-c1cc(/C(N)=N/N(C)N)c(OC)cc1CC2. The van der Waals surface area contributed by atoms with E-state index in [1.165, 1.54) is 11.8 Å². The van der Waals surface area contributed by atoms with E-state index in [2.05, 4.69) is 12.0 Å². The average molecular weight is 498 g/mol. The molecule has 1 aromatic carbocycles. The Morgan fingerprint density at radius 1 is 1.28 bits per heavy atom. The van der Waals surface area contributed by atoms with E-state index >= 15 is 0 Å². The maximum atomic E-state index is 13.8. The lowest BCUT2D eigenvalue weighted by molar-refractivity contribution is -0.130. The van der Waals surface area contributed by atoms with Crippen LogP contribution in [0.1, 0.15) is 53.9 Å². The summed E-state index contributed by atoms with van der Waals surface area (Å²) in [5.41, 5.74) is 15.5. The number of hydrazine groups is 1. The van der Waals surface area contributed by atoms with Crippen LogP contribution in [0.5, 0.6) is 5.75 Å². The molecule has 11 nitrogen and oxygen atoms in total. The summed E-state index contributed by atoms with van der Waals surface area (Å²) in [6, 6.07) is 5.79. The van der Waals surface area contributed by atoms with Gasteiger partial charge in [0.2, 0.25) is 5.91 Å². The molecule has 7 N–H and O–H groups in total. The summed E-state index contributed by atoms with van der Waals surface area (Å²) in [5.74, 6) is 5.44. The smallest absolute Gasteiger partial charge is 0.271 e. The fourth-order valence-electron chi connectivity index (χ4n) is 5.36. The molecule has 2 atom stereocenters. The number of carbonyl (C=O) groups is 2. The maximum Gasteiger partial charge on any atom is 0.271 e. The van der Waals surface area contributed by atoms with E-state index in [1.807, 2.05) is 22.8 Å². The molecule has 194 valence electrons. The number of rotatable bonds is 7. The van der Waals surface area contributed by atoms with Crippen LogP contribution in [0.25, 0.3) is 11.3 Å². The third kappa shape index (κ3) is 3.97. The molecule has 11 heteroatoms. The van der Waals surface area contributed by atoms with Crippen LogP contribution in [0.4, 0.5) is 0 Å². The minimum atomic E-state index is -1.46. The third-order valence-corrected chi connectivity index (χ3v) is 7.32. The van der Waals surface area contributed by atoms with Gasteiger partial charge in [0.1, 0.15) is 17.0 Å². The Morgan fingerprint density at radius 2 is 2.00 bits per heavy atom. The van der Waals surface area contributed by atoms with Gasteiger partial charge in [0.25, 0.3) is 5.91 Å². The molecule has 2 amide bonds. The number of nitrogens with zero attached hydrogens (tertiary/aromatic N) is 4. The number of benzene rings is 1. The lowest BCUT2D eigenvalue weighted by Crippen LogP contribution is -2.59. The monoisotopic (exact) mass is 497 g/mol. The highest BCUT2D eigenvalue weighted by molar-refractivity contribution is 6.02. The first-order valence-corrected chi connectivity index (χ1v) is 12.1. The average Bonchev–Trinajstić information content (AvgIpc) is 3.35.